The fraction of sp³-hybridized carbons (Fsp3) is 0.188. The molecule has 2 aromatic rings. The second-order valence-corrected chi connectivity index (χ2v) is 4.49. The number of non-ortho nitro benzene ring substituents is 1. The van der Waals surface area contributed by atoms with E-state index in [1.165, 1.54) is 12.1 Å². The molecule has 0 aliphatic carbocycles. The molecule has 1 N–H and O–H groups in total. The molecule has 0 atom stereocenters. The van der Waals surface area contributed by atoms with E-state index in [1.807, 2.05) is 19.1 Å². The van der Waals surface area contributed by atoms with Gasteiger partial charge in [-0.1, -0.05) is 12.1 Å². The quantitative estimate of drug-likeness (QED) is 0.480. The minimum absolute atomic E-state index is 0.00147. The second kappa shape index (κ2) is 7.79. The Balaban J connectivity index is 2.17. The number of hydrazone groups is 1. The van der Waals surface area contributed by atoms with Gasteiger partial charge in [0.2, 0.25) is 0 Å². The van der Waals surface area contributed by atoms with Crippen molar-refractivity contribution in [1.29, 1.82) is 0 Å². The molecule has 120 valence electrons. The van der Waals surface area contributed by atoms with Crippen LogP contribution in [0, 0.1) is 10.1 Å². The Labute approximate surface area is 133 Å². The van der Waals surface area contributed by atoms with Crippen LogP contribution in [0.25, 0.3) is 0 Å². The van der Waals surface area contributed by atoms with Crippen LogP contribution in [0.15, 0.2) is 47.6 Å². The van der Waals surface area contributed by atoms with E-state index < -0.39 is 4.92 Å². The molecule has 0 spiro atoms. The topological polar surface area (TPSA) is 86.0 Å². The van der Waals surface area contributed by atoms with E-state index >= 15 is 0 Å². The molecule has 0 heterocycles. The van der Waals surface area contributed by atoms with Gasteiger partial charge in [0, 0.05) is 17.7 Å². The van der Waals surface area contributed by atoms with Crippen LogP contribution in [0.4, 0.5) is 11.4 Å². The highest BCUT2D eigenvalue weighted by Gasteiger charge is 2.08. The number of nitro benzene ring substituents is 1. The lowest BCUT2D eigenvalue weighted by molar-refractivity contribution is -0.384. The number of anilines is 1. The first-order chi connectivity index (χ1) is 11.2. The minimum atomic E-state index is -0.454. The molecule has 0 aliphatic heterocycles. The third kappa shape index (κ3) is 4.19. The first-order valence-electron chi connectivity index (χ1n) is 6.99. The average molecular weight is 315 g/mol. The van der Waals surface area contributed by atoms with E-state index in [2.05, 4.69) is 10.5 Å². The van der Waals surface area contributed by atoms with Gasteiger partial charge in [0.25, 0.3) is 5.69 Å². The Morgan fingerprint density at radius 1 is 1.30 bits per heavy atom. The Morgan fingerprint density at radius 3 is 2.78 bits per heavy atom. The number of nitrogens with zero attached hydrogens (tertiary/aromatic N) is 2. The van der Waals surface area contributed by atoms with Crippen molar-refractivity contribution < 1.29 is 14.4 Å². The summed E-state index contributed by atoms with van der Waals surface area (Å²) < 4.78 is 10.8. The van der Waals surface area contributed by atoms with Crippen molar-refractivity contribution >= 4 is 17.6 Å². The zero-order valence-electron chi connectivity index (χ0n) is 12.9. The highest BCUT2D eigenvalue weighted by molar-refractivity contribution is 5.85. The molecule has 0 radical (unpaired) electrons. The lowest BCUT2D eigenvalue weighted by Crippen LogP contribution is -2.00. The zero-order chi connectivity index (χ0) is 16.7. The van der Waals surface area contributed by atoms with Gasteiger partial charge in [-0.05, 0) is 25.1 Å². The minimum Gasteiger partial charge on any atom is -0.493 e. The monoisotopic (exact) mass is 315 g/mol. The Hall–Kier alpha value is -3.09. The summed E-state index contributed by atoms with van der Waals surface area (Å²) in [7, 11) is 1.57. The molecule has 0 bridgehead atoms. The van der Waals surface area contributed by atoms with Crippen LogP contribution in [0.3, 0.4) is 0 Å². The third-order valence-electron chi connectivity index (χ3n) is 2.97. The summed E-state index contributed by atoms with van der Waals surface area (Å²) in [6.07, 6.45) is 1.58. The molecular formula is C16H17N3O4. The number of nitrogens with one attached hydrogen (secondary N) is 1. The van der Waals surface area contributed by atoms with Crippen molar-refractivity contribution in [1.82, 2.24) is 0 Å². The molecular weight excluding hydrogens is 298 g/mol. The SMILES string of the molecule is CCOc1c(C=NNc2cccc([N+](=O)[O-])c2)cccc1OC. The maximum absolute atomic E-state index is 10.7. The van der Waals surface area contributed by atoms with Crippen molar-refractivity contribution in [3.05, 3.63) is 58.1 Å². The van der Waals surface area contributed by atoms with Gasteiger partial charge < -0.3 is 9.47 Å². The highest BCUT2D eigenvalue weighted by Crippen LogP contribution is 2.30. The highest BCUT2D eigenvalue weighted by atomic mass is 16.6. The average Bonchev–Trinajstić information content (AvgIpc) is 2.56. The molecule has 0 saturated carbocycles. The molecule has 0 saturated heterocycles. The third-order valence-corrected chi connectivity index (χ3v) is 2.97. The van der Waals surface area contributed by atoms with Gasteiger partial charge in [0.05, 0.1) is 30.5 Å². The fourth-order valence-corrected chi connectivity index (χ4v) is 1.96. The molecule has 23 heavy (non-hydrogen) atoms. The molecule has 0 unspecified atom stereocenters. The van der Waals surface area contributed by atoms with Gasteiger partial charge in [0.15, 0.2) is 11.5 Å². The Bertz CT molecular complexity index is 716. The predicted octanol–water partition coefficient (Wildman–Crippen LogP) is 3.45. The van der Waals surface area contributed by atoms with Crippen molar-refractivity contribution in [2.45, 2.75) is 6.92 Å². The van der Waals surface area contributed by atoms with Crippen LogP contribution in [-0.4, -0.2) is 24.9 Å². The van der Waals surface area contributed by atoms with E-state index in [1.54, 1.807) is 31.5 Å². The van der Waals surface area contributed by atoms with Crippen LogP contribution in [0.1, 0.15) is 12.5 Å². The molecule has 7 nitrogen and oxygen atoms in total. The molecule has 0 aliphatic rings. The lowest BCUT2D eigenvalue weighted by atomic mass is 10.2. The largest absolute Gasteiger partial charge is 0.493 e. The van der Waals surface area contributed by atoms with Crippen molar-refractivity contribution in [3.8, 4) is 11.5 Å². The molecule has 7 heteroatoms. The molecule has 0 aromatic heterocycles. The predicted molar refractivity (Wildman–Crippen MR) is 88.5 cm³/mol. The van der Waals surface area contributed by atoms with Gasteiger partial charge >= 0.3 is 0 Å². The number of para-hydroxylation sites is 1. The first-order valence-corrected chi connectivity index (χ1v) is 6.99. The van der Waals surface area contributed by atoms with Crippen molar-refractivity contribution in [3.63, 3.8) is 0 Å². The number of ether oxygens (including phenoxy) is 2. The summed E-state index contributed by atoms with van der Waals surface area (Å²) in [6.45, 7) is 2.38. The van der Waals surface area contributed by atoms with Crippen LogP contribution in [-0.2, 0) is 0 Å². The van der Waals surface area contributed by atoms with Gasteiger partial charge in [-0.3, -0.25) is 15.5 Å². The molecule has 0 amide bonds. The van der Waals surface area contributed by atoms with E-state index in [4.69, 9.17) is 9.47 Å². The van der Waals surface area contributed by atoms with E-state index in [-0.39, 0.29) is 5.69 Å². The molecule has 2 rings (SSSR count). The summed E-state index contributed by atoms with van der Waals surface area (Å²) in [6, 6.07) is 11.6. The normalized spacial score (nSPS) is 10.5. The Kier molecular flexibility index (Phi) is 5.51. The summed E-state index contributed by atoms with van der Waals surface area (Å²) in [5.74, 6) is 1.22. The molecule has 2 aromatic carbocycles. The number of nitro groups is 1. The van der Waals surface area contributed by atoms with Crippen LogP contribution in [0.5, 0.6) is 11.5 Å². The summed E-state index contributed by atoms with van der Waals surface area (Å²) >= 11 is 0. The zero-order valence-corrected chi connectivity index (χ0v) is 12.9. The number of methoxy groups -OCH3 is 1. The van der Waals surface area contributed by atoms with Gasteiger partial charge in [0.1, 0.15) is 0 Å². The van der Waals surface area contributed by atoms with Crippen LogP contribution >= 0.6 is 0 Å². The summed E-state index contributed by atoms with van der Waals surface area (Å²) in [5.41, 5.74) is 4.03. The molecule has 0 fully saturated rings. The van der Waals surface area contributed by atoms with Crippen LogP contribution < -0.4 is 14.9 Å². The van der Waals surface area contributed by atoms with E-state index in [0.29, 0.717) is 23.8 Å². The van der Waals surface area contributed by atoms with E-state index in [0.717, 1.165) is 5.56 Å². The summed E-state index contributed by atoms with van der Waals surface area (Å²) in [5, 5.41) is 14.8. The van der Waals surface area contributed by atoms with Gasteiger partial charge in [-0.15, -0.1) is 0 Å². The number of rotatable bonds is 7. The van der Waals surface area contributed by atoms with Gasteiger partial charge in [-0.2, -0.15) is 5.10 Å². The van der Waals surface area contributed by atoms with Crippen LogP contribution in [0.2, 0.25) is 0 Å². The van der Waals surface area contributed by atoms with Crippen molar-refractivity contribution in [2.24, 2.45) is 5.10 Å². The number of hydrogen-bond donors (Lipinski definition) is 1. The fourth-order valence-electron chi connectivity index (χ4n) is 1.96. The number of hydrogen-bond acceptors (Lipinski definition) is 6. The first kappa shape index (κ1) is 16.3. The van der Waals surface area contributed by atoms with Gasteiger partial charge in [-0.25, -0.2) is 0 Å². The number of benzene rings is 2. The maximum atomic E-state index is 10.7. The summed E-state index contributed by atoms with van der Waals surface area (Å²) in [4.78, 5) is 10.3. The lowest BCUT2D eigenvalue weighted by Gasteiger charge is -2.11. The Morgan fingerprint density at radius 2 is 2.09 bits per heavy atom. The standard InChI is InChI=1S/C16H17N3O4/c1-3-23-16-12(6-4-9-15(16)22-2)11-17-18-13-7-5-8-14(10-13)19(20)21/h4-11,18H,3H2,1-2H3. The maximum Gasteiger partial charge on any atom is 0.271 e. The second-order valence-electron chi connectivity index (χ2n) is 4.49. The smallest absolute Gasteiger partial charge is 0.271 e. The van der Waals surface area contributed by atoms with E-state index in [9.17, 15) is 10.1 Å². The van der Waals surface area contributed by atoms with Crippen molar-refractivity contribution in [2.75, 3.05) is 19.1 Å².